The zero-order chi connectivity index (χ0) is 15.3. The quantitative estimate of drug-likeness (QED) is 0.841. The monoisotopic (exact) mass is 317 g/mol. The number of carbonyl (C=O) groups is 1. The molecule has 0 saturated heterocycles. The number of amides is 1. The van der Waals surface area contributed by atoms with E-state index in [9.17, 15) is 4.79 Å². The number of nitrogens with two attached hydrogens (primary N) is 1. The van der Waals surface area contributed by atoms with Gasteiger partial charge in [0.15, 0.2) is 0 Å². The summed E-state index contributed by atoms with van der Waals surface area (Å²) in [5, 5.41) is 0. The molecule has 0 aliphatic heterocycles. The summed E-state index contributed by atoms with van der Waals surface area (Å²) >= 11 is 7.52. The van der Waals surface area contributed by atoms with E-state index in [0.29, 0.717) is 6.54 Å². The van der Waals surface area contributed by atoms with Gasteiger partial charge in [-0.3, -0.25) is 9.69 Å². The zero-order valence-corrected chi connectivity index (χ0v) is 14.2. The SMILES string of the molecule is CCN(CC)C(=O)CN(C)C(c1ccc(Cl)s1)C(C)N. The lowest BCUT2D eigenvalue weighted by Crippen LogP contribution is -2.44. The summed E-state index contributed by atoms with van der Waals surface area (Å²) in [6.45, 7) is 7.76. The molecule has 1 rings (SSSR count). The van der Waals surface area contributed by atoms with Crippen LogP contribution in [0.2, 0.25) is 4.34 Å². The van der Waals surface area contributed by atoms with E-state index in [2.05, 4.69) is 0 Å². The Kier molecular flexibility index (Phi) is 6.95. The van der Waals surface area contributed by atoms with Gasteiger partial charge in [0.25, 0.3) is 0 Å². The van der Waals surface area contributed by atoms with Crippen LogP contribution in [-0.4, -0.2) is 48.4 Å². The van der Waals surface area contributed by atoms with Crippen LogP contribution in [0.4, 0.5) is 0 Å². The van der Waals surface area contributed by atoms with Crippen LogP contribution in [0.3, 0.4) is 0 Å². The van der Waals surface area contributed by atoms with Crippen LogP contribution in [0.15, 0.2) is 12.1 Å². The van der Waals surface area contributed by atoms with Gasteiger partial charge in [0, 0.05) is 24.0 Å². The molecule has 1 aromatic rings. The van der Waals surface area contributed by atoms with Crippen LogP contribution in [0.25, 0.3) is 0 Å². The lowest BCUT2D eigenvalue weighted by Gasteiger charge is -2.31. The molecule has 0 saturated carbocycles. The third-order valence-electron chi connectivity index (χ3n) is 3.36. The Morgan fingerprint density at radius 1 is 1.40 bits per heavy atom. The molecule has 20 heavy (non-hydrogen) atoms. The van der Waals surface area contributed by atoms with Crippen molar-refractivity contribution in [1.82, 2.24) is 9.80 Å². The molecule has 2 N–H and O–H groups in total. The highest BCUT2D eigenvalue weighted by atomic mass is 35.5. The van der Waals surface area contributed by atoms with Crippen LogP contribution < -0.4 is 5.73 Å². The third-order valence-corrected chi connectivity index (χ3v) is 4.66. The van der Waals surface area contributed by atoms with E-state index in [-0.39, 0.29) is 18.0 Å². The summed E-state index contributed by atoms with van der Waals surface area (Å²) in [5.74, 6) is 0.130. The first-order valence-corrected chi connectivity index (χ1v) is 8.08. The molecule has 6 heteroatoms. The van der Waals surface area contributed by atoms with Gasteiger partial charge in [-0.25, -0.2) is 0 Å². The number of hydrogen-bond donors (Lipinski definition) is 1. The van der Waals surface area contributed by atoms with Crippen molar-refractivity contribution in [2.24, 2.45) is 5.73 Å². The molecule has 2 atom stereocenters. The fraction of sp³-hybridized carbons (Fsp3) is 0.643. The summed E-state index contributed by atoms with van der Waals surface area (Å²) in [5.41, 5.74) is 6.09. The first kappa shape index (κ1) is 17.4. The first-order valence-electron chi connectivity index (χ1n) is 6.89. The molecule has 0 aliphatic rings. The number of thiophene rings is 1. The van der Waals surface area contributed by atoms with Crippen LogP contribution >= 0.6 is 22.9 Å². The molecule has 0 spiro atoms. The van der Waals surface area contributed by atoms with Crippen LogP contribution in [0.5, 0.6) is 0 Å². The van der Waals surface area contributed by atoms with Gasteiger partial charge in [-0.15, -0.1) is 11.3 Å². The van der Waals surface area contributed by atoms with Gasteiger partial charge < -0.3 is 10.6 Å². The van der Waals surface area contributed by atoms with Gasteiger partial charge in [-0.1, -0.05) is 11.6 Å². The fourth-order valence-corrected chi connectivity index (χ4v) is 3.70. The van der Waals surface area contributed by atoms with E-state index in [4.69, 9.17) is 17.3 Å². The summed E-state index contributed by atoms with van der Waals surface area (Å²) in [6, 6.07) is 3.79. The Morgan fingerprint density at radius 3 is 2.40 bits per heavy atom. The number of halogens is 1. The normalized spacial score (nSPS) is 14.3. The Hall–Kier alpha value is -0.620. The van der Waals surface area contributed by atoms with Gasteiger partial charge in [-0.05, 0) is 40.0 Å². The molecule has 1 amide bonds. The molecule has 1 heterocycles. The summed E-state index contributed by atoms with van der Waals surface area (Å²) in [6.07, 6.45) is 0. The van der Waals surface area contributed by atoms with E-state index in [1.165, 1.54) is 11.3 Å². The van der Waals surface area contributed by atoms with E-state index < -0.39 is 0 Å². The van der Waals surface area contributed by atoms with E-state index in [0.717, 1.165) is 22.3 Å². The highest BCUT2D eigenvalue weighted by Crippen LogP contribution is 2.31. The molecule has 0 fully saturated rings. The highest BCUT2D eigenvalue weighted by Gasteiger charge is 2.25. The van der Waals surface area contributed by atoms with Crippen molar-refractivity contribution in [2.75, 3.05) is 26.7 Å². The first-order chi connectivity index (χ1) is 9.40. The summed E-state index contributed by atoms with van der Waals surface area (Å²) in [4.78, 5) is 17.1. The van der Waals surface area contributed by atoms with Gasteiger partial charge in [-0.2, -0.15) is 0 Å². The molecular formula is C14H24ClN3OS. The molecule has 114 valence electrons. The molecule has 1 aromatic heterocycles. The summed E-state index contributed by atoms with van der Waals surface area (Å²) in [7, 11) is 1.93. The smallest absolute Gasteiger partial charge is 0.236 e. The van der Waals surface area contributed by atoms with Crippen molar-refractivity contribution in [3.05, 3.63) is 21.3 Å². The van der Waals surface area contributed by atoms with Crippen molar-refractivity contribution in [3.63, 3.8) is 0 Å². The van der Waals surface area contributed by atoms with Crippen molar-refractivity contribution in [3.8, 4) is 0 Å². The van der Waals surface area contributed by atoms with E-state index >= 15 is 0 Å². The minimum Gasteiger partial charge on any atom is -0.342 e. The summed E-state index contributed by atoms with van der Waals surface area (Å²) < 4.78 is 0.745. The van der Waals surface area contributed by atoms with Gasteiger partial charge in [0.2, 0.25) is 5.91 Å². The molecule has 0 aromatic carbocycles. The second-order valence-electron chi connectivity index (χ2n) is 4.93. The number of hydrogen-bond acceptors (Lipinski definition) is 4. The number of likely N-dealkylation sites (N-methyl/N-ethyl adjacent to an activating group) is 2. The molecule has 4 nitrogen and oxygen atoms in total. The average molecular weight is 318 g/mol. The standard InChI is InChI=1S/C14H24ClN3OS/c1-5-18(6-2)13(19)9-17(4)14(10(3)16)11-7-8-12(15)20-11/h7-8,10,14H,5-6,9,16H2,1-4H3. The predicted octanol–water partition coefficient (Wildman–Crippen LogP) is 2.59. The Bertz CT molecular complexity index is 432. The van der Waals surface area contributed by atoms with Crippen LogP contribution in [0, 0.1) is 0 Å². The number of rotatable bonds is 7. The van der Waals surface area contributed by atoms with E-state index in [1.54, 1.807) is 0 Å². The van der Waals surface area contributed by atoms with E-state index in [1.807, 2.05) is 49.8 Å². The van der Waals surface area contributed by atoms with Gasteiger partial charge in [0.1, 0.15) is 0 Å². The lowest BCUT2D eigenvalue weighted by molar-refractivity contribution is -0.132. The molecule has 0 radical (unpaired) electrons. The third kappa shape index (κ3) is 4.45. The molecule has 0 bridgehead atoms. The maximum atomic E-state index is 12.2. The Morgan fingerprint density at radius 2 is 2.00 bits per heavy atom. The maximum Gasteiger partial charge on any atom is 0.236 e. The van der Waals surface area contributed by atoms with Crippen molar-refractivity contribution < 1.29 is 4.79 Å². The van der Waals surface area contributed by atoms with Crippen molar-refractivity contribution >= 4 is 28.8 Å². The zero-order valence-electron chi connectivity index (χ0n) is 12.6. The number of carbonyl (C=O) groups excluding carboxylic acids is 1. The minimum absolute atomic E-state index is 0.00649. The van der Waals surface area contributed by atoms with Gasteiger partial charge in [0.05, 0.1) is 16.9 Å². The average Bonchev–Trinajstić information content (AvgIpc) is 2.76. The maximum absolute atomic E-state index is 12.2. The number of nitrogens with zero attached hydrogens (tertiary/aromatic N) is 2. The molecule has 0 aliphatic carbocycles. The van der Waals surface area contributed by atoms with Crippen LogP contribution in [0.1, 0.15) is 31.7 Å². The molecule has 2 unspecified atom stereocenters. The highest BCUT2D eigenvalue weighted by molar-refractivity contribution is 7.16. The minimum atomic E-state index is -0.0702. The van der Waals surface area contributed by atoms with Crippen LogP contribution in [-0.2, 0) is 4.79 Å². The van der Waals surface area contributed by atoms with Crippen molar-refractivity contribution in [2.45, 2.75) is 32.9 Å². The lowest BCUT2D eigenvalue weighted by atomic mass is 10.1. The van der Waals surface area contributed by atoms with Crippen molar-refractivity contribution in [1.29, 1.82) is 0 Å². The largest absolute Gasteiger partial charge is 0.342 e. The van der Waals surface area contributed by atoms with Gasteiger partial charge >= 0.3 is 0 Å². The molecular weight excluding hydrogens is 294 g/mol. The topological polar surface area (TPSA) is 49.6 Å². The second kappa shape index (κ2) is 7.98. The second-order valence-corrected chi connectivity index (χ2v) is 6.67. The Balaban J connectivity index is 2.80. The predicted molar refractivity (Wildman–Crippen MR) is 86.3 cm³/mol. The Labute approximate surface area is 130 Å². The fourth-order valence-electron chi connectivity index (χ4n) is 2.35.